The maximum Gasteiger partial charge on any atom is 0.261 e. The Morgan fingerprint density at radius 2 is 1.75 bits per heavy atom. The Morgan fingerprint density at radius 1 is 1.03 bits per heavy atom. The van der Waals surface area contributed by atoms with Crippen LogP contribution >= 0.6 is 11.3 Å². The van der Waals surface area contributed by atoms with Crippen LogP contribution in [0.1, 0.15) is 45.0 Å². The van der Waals surface area contributed by atoms with E-state index in [0.29, 0.717) is 16.3 Å². The molecule has 0 saturated carbocycles. The van der Waals surface area contributed by atoms with Crippen molar-refractivity contribution in [2.45, 2.75) is 19.4 Å². The molecule has 0 unspecified atom stereocenters. The van der Waals surface area contributed by atoms with Gasteiger partial charge in [-0.25, -0.2) is 0 Å². The van der Waals surface area contributed by atoms with E-state index < -0.39 is 0 Å². The molecule has 2 amide bonds. The first kappa shape index (κ1) is 24.0. The van der Waals surface area contributed by atoms with E-state index in [4.69, 9.17) is 0 Å². The number of aromatic nitrogens is 2. The van der Waals surface area contributed by atoms with Gasteiger partial charge in [-0.1, -0.05) is 37.3 Å². The predicted molar refractivity (Wildman–Crippen MR) is 145 cm³/mol. The van der Waals surface area contributed by atoms with E-state index in [9.17, 15) is 9.59 Å². The highest BCUT2D eigenvalue weighted by Gasteiger charge is 2.20. The number of piperazine rings is 1. The van der Waals surface area contributed by atoms with E-state index in [0.717, 1.165) is 54.1 Å². The first-order chi connectivity index (χ1) is 17.5. The van der Waals surface area contributed by atoms with Gasteiger partial charge in [0.1, 0.15) is 0 Å². The lowest BCUT2D eigenvalue weighted by Crippen LogP contribution is -2.44. The second-order valence-electron chi connectivity index (χ2n) is 9.06. The molecular weight excluding hydrogens is 472 g/mol. The summed E-state index contributed by atoms with van der Waals surface area (Å²) in [4.78, 5) is 31.1. The van der Waals surface area contributed by atoms with Gasteiger partial charge < -0.3 is 20.4 Å². The highest BCUT2D eigenvalue weighted by molar-refractivity contribution is 7.21. The topological polar surface area (TPSA) is 93.4 Å². The van der Waals surface area contributed by atoms with Crippen molar-refractivity contribution in [3.8, 4) is 0 Å². The number of thiophene rings is 1. The number of nitrogens with one attached hydrogen (secondary N) is 3. The Morgan fingerprint density at radius 3 is 2.44 bits per heavy atom. The lowest BCUT2D eigenvalue weighted by atomic mass is 10.0. The standard InChI is InChI=1S/C27H30N6O2S/c1-3-21(18-7-5-4-6-8-18)28-27(35)23-17-22-24(36-23)25(31-30-22)29-26(34)19-9-11-20(12-10-19)33-15-13-32(2)14-16-33/h4-12,17,21H,3,13-16H2,1-2H3,(H,28,35)(H2,29,30,31,34)/t21-/m1/s1. The summed E-state index contributed by atoms with van der Waals surface area (Å²) in [6, 6.07) is 19.3. The molecular formula is C27H30N6O2S. The van der Waals surface area contributed by atoms with Gasteiger partial charge in [0.25, 0.3) is 11.8 Å². The Bertz CT molecular complexity index is 1340. The fourth-order valence-electron chi connectivity index (χ4n) is 4.42. The summed E-state index contributed by atoms with van der Waals surface area (Å²) in [7, 11) is 2.13. The lowest BCUT2D eigenvalue weighted by molar-refractivity contribution is 0.0939. The van der Waals surface area contributed by atoms with E-state index >= 15 is 0 Å². The molecule has 2 aromatic heterocycles. The van der Waals surface area contributed by atoms with Gasteiger partial charge in [-0.15, -0.1) is 11.3 Å². The molecule has 0 bridgehead atoms. The second kappa shape index (κ2) is 10.5. The van der Waals surface area contributed by atoms with Crippen molar-refractivity contribution in [1.82, 2.24) is 20.4 Å². The van der Waals surface area contributed by atoms with Crippen LogP contribution in [0.4, 0.5) is 11.5 Å². The summed E-state index contributed by atoms with van der Waals surface area (Å²) in [5, 5.41) is 13.2. The summed E-state index contributed by atoms with van der Waals surface area (Å²) >= 11 is 1.31. The van der Waals surface area contributed by atoms with Gasteiger partial charge in [-0.3, -0.25) is 14.7 Å². The van der Waals surface area contributed by atoms with Crippen LogP contribution in [-0.2, 0) is 0 Å². The number of fused-ring (bicyclic) bond motifs is 1. The van der Waals surface area contributed by atoms with Crippen molar-refractivity contribution in [3.05, 3.63) is 76.7 Å². The highest BCUT2D eigenvalue weighted by Crippen LogP contribution is 2.31. The normalized spacial score (nSPS) is 15.1. The zero-order chi connectivity index (χ0) is 25.1. The largest absolute Gasteiger partial charge is 0.369 e. The lowest BCUT2D eigenvalue weighted by Gasteiger charge is -2.34. The number of benzene rings is 2. The molecule has 1 aliphatic heterocycles. The molecule has 9 heteroatoms. The minimum Gasteiger partial charge on any atom is -0.369 e. The molecule has 4 aromatic rings. The maximum absolute atomic E-state index is 13.0. The SMILES string of the molecule is CC[C@@H](NC(=O)c1cc2[nH]nc(NC(=O)c3ccc(N4CCN(C)CC4)cc3)c2s1)c1ccccc1. The van der Waals surface area contributed by atoms with Crippen LogP contribution in [0.25, 0.3) is 10.2 Å². The Hall–Kier alpha value is -3.69. The number of nitrogens with zero attached hydrogens (tertiary/aromatic N) is 3. The van der Waals surface area contributed by atoms with Gasteiger partial charge in [0.2, 0.25) is 0 Å². The first-order valence-corrected chi connectivity index (χ1v) is 13.0. The fourth-order valence-corrected chi connectivity index (χ4v) is 5.37. The molecule has 2 aromatic carbocycles. The van der Waals surface area contributed by atoms with Crippen LogP contribution < -0.4 is 15.5 Å². The number of carbonyl (C=O) groups excluding carboxylic acids is 2. The zero-order valence-corrected chi connectivity index (χ0v) is 21.3. The molecule has 8 nitrogen and oxygen atoms in total. The number of hydrogen-bond acceptors (Lipinski definition) is 6. The van der Waals surface area contributed by atoms with E-state index in [1.54, 1.807) is 6.07 Å². The van der Waals surface area contributed by atoms with Crippen LogP contribution in [0.15, 0.2) is 60.7 Å². The van der Waals surface area contributed by atoms with Crippen LogP contribution in [-0.4, -0.2) is 60.1 Å². The average molecular weight is 503 g/mol. The van der Waals surface area contributed by atoms with Gasteiger partial charge in [-0.2, -0.15) is 5.10 Å². The number of aromatic amines is 1. The van der Waals surface area contributed by atoms with Crippen LogP contribution in [0, 0.1) is 0 Å². The van der Waals surface area contributed by atoms with Crippen molar-refractivity contribution < 1.29 is 9.59 Å². The number of amides is 2. The molecule has 1 atom stereocenters. The van der Waals surface area contributed by atoms with Gasteiger partial charge in [0, 0.05) is 37.4 Å². The van der Waals surface area contributed by atoms with Crippen molar-refractivity contribution in [1.29, 1.82) is 0 Å². The molecule has 0 radical (unpaired) electrons. The summed E-state index contributed by atoms with van der Waals surface area (Å²) in [5.74, 6) is 0.0530. The Kier molecular flexibility index (Phi) is 7.02. The molecule has 186 valence electrons. The Labute approximate surface area is 214 Å². The van der Waals surface area contributed by atoms with Crippen LogP contribution in [0.5, 0.6) is 0 Å². The third-order valence-electron chi connectivity index (χ3n) is 6.60. The molecule has 1 saturated heterocycles. The van der Waals surface area contributed by atoms with Crippen molar-refractivity contribution >= 4 is 44.9 Å². The number of anilines is 2. The zero-order valence-electron chi connectivity index (χ0n) is 20.5. The molecule has 5 rings (SSSR count). The second-order valence-corrected chi connectivity index (χ2v) is 10.1. The minimum atomic E-state index is -0.233. The first-order valence-electron chi connectivity index (χ1n) is 12.2. The van der Waals surface area contributed by atoms with Gasteiger partial charge in [-0.05, 0) is 49.4 Å². The summed E-state index contributed by atoms with van der Waals surface area (Å²) < 4.78 is 0.746. The summed E-state index contributed by atoms with van der Waals surface area (Å²) in [6.07, 6.45) is 0.787. The van der Waals surface area contributed by atoms with Gasteiger partial charge in [0.15, 0.2) is 5.82 Å². The van der Waals surface area contributed by atoms with E-state index in [-0.39, 0.29) is 17.9 Å². The smallest absolute Gasteiger partial charge is 0.261 e. The number of hydrogen-bond donors (Lipinski definition) is 3. The molecule has 3 heterocycles. The average Bonchev–Trinajstić information content (AvgIpc) is 3.50. The number of likely N-dealkylation sites (N-methyl/N-ethyl adjacent to an activating group) is 1. The number of rotatable bonds is 7. The fraction of sp³-hybridized carbons (Fsp3) is 0.296. The van der Waals surface area contributed by atoms with Gasteiger partial charge >= 0.3 is 0 Å². The van der Waals surface area contributed by atoms with Crippen LogP contribution in [0.2, 0.25) is 0 Å². The van der Waals surface area contributed by atoms with Gasteiger partial charge in [0.05, 0.1) is 21.1 Å². The molecule has 1 aliphatic rings. The molecule has 1 fully saturated rings. The quantitative estimate of drug-likeness (QED) is 0.346. The van der Waals surface area contributed by atoms with Crippen molar-refractivity contribution in [2.75, 3.05) is 43.4 Å². The highest BCUT2D eigenvalue weighted by atomic mass is 32.1. The van der Waals surface area contributed by atoms with E-state index in [1.807, 2.05) is 61.5 Å². The van der Waals surface area contributed by atoms with Crippen LogP contribution in [0.3, 0.4) is 0 Å². The summed E-state index contributed by atoms with van der Waals surface area (Å²) in [5.41, 5.74) is 3.48. The molecule has 0 aliphatic carbocycles. The summed E-state index contributed by atoms with van der Waals surface area (Å²) in [6.45, 7) is 6.07. The van der Waals surface area contributed by atoms with Crippen molar-refractivity contribution in [2.24, 2.45) is 0 Å². The predicted octanol–water partition coefficient (Wildman–Crippen LogP) is 4.51. The third kappa shape index (κ3) is 5.12. The molecule has 3 N–H and O–H groups in total. The van der Waals surface area contributed by atoms with E-state index in [2.05, 4.69) is 37.7 Å². The maximum atomic E-state index is 13.0. The molecule has 36 heavy (non-hydrogen) atoms. The molecule has 0 spiro atoms. The minimum absolute atomic E-state index is 0.0646. The Balaban J connectivity index is 1.26. The number of H-pyrrole nitrogens is 1. The third-order valence-corrected chi connectivity index (χ3v) is 7.75. The van der Waals surface area contributed by atoms with E-state index in [1.165, 1.54) is 11.3 Å². The number of carbonyl (C=O) groups is 2. The van der Waals surface area contributed by atoms with Crippen molar-refractivity contribution in [3.63, 3.8) is 0 Å². The monoisotopic (exact) mass is 502 g/mol.